The number of aromatic nitrogens is 2. The standard InChI is InChI=1S/C24H34N2O2/c1-3-5-6-7-8-9-11-22(24(27)28)16-19-12-14-21(15-13-19)23-25-17-20(10-4-2)18-26-23/h12-15,17-18,22H,3-11,16H2,1-2H3,(H,27,28)/t22-/m1/s1. The third kappa shape index (κ3) is 7.41. The fourth-order valence-electron chi connectivity index (χ4n) is 3.48. The van der Waals surface area contributed by atoms with Gasteiger partial charge in [-0.3, -0.25) is 4.79 Å². The average Bonchev–Trinajstić information content (AvgIpc) is 2.71. The molecule has 0 aliphatic rings. The number of benzene rings is 1. The van der Waals surface area contributed by atoms with Crippen LogP contribution >= 0.6 is 0 Å². The van der Waals surface area contributed by atoms with Crippen LogP contribution in [0, 0.1) is 5.92 Å². The average molecular weight is 383 g/mol. The number of carboxylic acid groups (broad SMARTS) is 1. The summed E-state index contributed by atoms with van der Waals surface area (Å²) in [4.78, 5) is 20.5. The molecule has 1 aromatic heterocycles. The van der Waals surface area contributed by atoms with Gasteiger partial charge in [0.15, 0.2) is 5.82 Å². The first kappa shape index (κ1) is 22.1. The summed E-state index contributed by atoms with van der Waals surface area (Å²) in [5.41, 5.74) is 3.18. The van der Waals surface area contributed by atoms with Gasteiger partial charge < -0.3 is 5.11 Å². The summed E-state index contributed by atoms with van der Waals surface area (Å²) in [6.45, 7) is 4.35. The smallest absolute Gasteiger partial charge is 0.306 e. The SMILES string of the molecule is CCCCCCCC[C@H](Cc1ccc(-c2ncc(CCC)cn2)cc1)C(=O)O. The fourth-order valence-corrected chi connectivity index (χ4v) is 3.48. The van der Waals surface area contributed by atoms with Crippen LogP contribution in [0.4, 0.5) is 0 Å². The maximum absolute atomic E-state index is 11.6. The molecule has 4 heteroatoms. The maximum Gasteiger partial charge on any atom is 0.306 e. The Labute approximate surface area is 169 Å². The van der Waals surface area contributed by atoms with Crippen molar-refractivity contribution in [2.24, 2.45) is 5.92 Å². The van der Waals surface area contributed by atoms with Crippen molar-refractivity contribution >= 4 is 5.97 Å². The number of hydrogen-bond acceptors (Lipinski definition) is 3. The first-order valence-electron chi connectivity index (χ1n) is 10.8. The van der Waals surface area contributed by atoms with Crippen LogP contribution in [0.2, 0.25) is 0 Å². The number of carbonyl (C=O) groups is 1. The quantitative estimate of drug-likeness (QED) is 0.426. The van der Waals surface area contributed by atoms with E-state index in [4.69, 9.17) is 0 Å². The molecule has 0 aliphatic heterocycles. The number of unbranched alkanes of at least 4 members (excludes halogenated alkanes) is 5. The zero-order chi connectivity index (χ0) is 20.2. The second-order valence-electron chi connectivity index (χ2n) is 7.66. The van der Waals surface area contributed by atoms with E-state index >= 15 is 0 Å². The van der Waals surface area contributed by atoms with E-state index in [9.17, 15) is 9.90 Å². The lowest BCUT2D eigenvalue weighted by molar-refractivity contribution is -0.142. The molecule has 1 N–H and O–H groups in total. The van der Waals surface area contributed by atoms with Gasteiger partial charge in [0.05, 0.1) is 5.92 Å². The first-order chi connectivity index (χ1) is 13.6. The summed E-state index contributed by atoms with van der Waals surface area (Å²) >= 11 is 0. The maximum atomic E-state index is 11.6. The monoisotopic (exact) mass is 382 g/mol. The number of aryl methyl sites for hydroxylation is 1. The summed E-state index contributed by atoms with van der Waals surface area (Å²) in [5, 5.41) is 9.56. The van der Waals surface area contributed by atoms with Crippen molar-refractivity contribution in [2.45, 2.75) is 78.1 Å². The van der Waals surface area contributed by atoms with Crippen LogP contribution in [0.25, 0.3) is 11.4 Å². The molecule has 152 valence electrons. The molecule has 0 aliphatic carbocycles. The molecule has 4 nitrogen and oxygen atoms in total. The van der Waals surface area contributed by atoms with Gasteiger partial charge in [-0.1, -0.05) is 83.1 Å². The van der Waals surface area contributed by atoms with Gasteiger partial charge >= 0.3 is 5.97 Å². The third-order valence-corrected chi connectivity index (χ3v) is 5.19. The molecule has 28 heavy (non-hydrogen) atoms. The van der Waals surface area contributed by atoms with Gasteiger partial charge in [0.25, 0.3) is 0 Å². The van der Waals surface area contributed by atoms with Crippen molar-refractivity contribution in [3.05, 3.63) is 47.8 Å². The molecular formula is C24H34N2O2. The van der Waals surface area contributed by atoms with Crippen LogP contribution in [0.3, 0.4) is 0 Å². The van der Waals surface area contributed by atoms with E-state index in [1.165, 1.54) is 25.7 Å². The number of nitrogens with zero attached hydrogens (tertiary/aromatic N) is 2. The van der Waals surface area contributed by atoms with Gasteiger partial charge in [0, 0.05) is 18.0 Å². The number of carboxylic acids is 1. The lowest BCUT2D eigenvalue weighted by Crippen LogP contribution is -2.16. The Morgan fingerprint density at radius 1 is 0.893 bits per heavy atom. The van der Waals surface area contributed by atoms with Crippen LogP contribution in [0.1, 0.15) is 76.3 Å². The zero-order valence-corrected chi connectivity index (χ0v) is 17.4. The molecule has 1 heterocycles. The van der Waals surface area contributed by atoms with Crippen molar-refractivity contribution in [2.75, 3.05) is 0 Å². The fraction of sp³-hybridized carbons (Fsp3) is 0.542. The zero-order valence-electron chi connectivity index (χ0n) is 17.4. The first-order valence-corrected chi connectivity index (χ1v) is 10.8. The molecule has 0 fully saturated rings. The predicted molar refractivity (Wildman–Crippen MR) is 114 cm³/mol. The summed E-state index contributed by atoms with van der Waals surface area (Å²) in [7, 11) is 0. The molecule has 0 bridgehead atoms. The van der Waals surface area contributed by atoms with E-state index in [2.05, 4.69) is 23.8 Å². The van der Waals surface area contributed by atoms with Crippen LogP contribution in [-0.4, -0.2) is 21.0 Å². The minimum atomic E-state index is -0.688. The molecule has 2 rings (SSSR count). The van der Waals surface area contributed by atoms with Crippen LogP contribution < -0.4 is 0 Å². The molecule has 0 unspecified atom stereocenters. The summed E-state index contributed by atoms with van der Waals surface area (Å²) in [6, 6.07) is 8.01. The van der Waals surface area contributed by atoms with Crippen molar-refractivity contribution < 1.29 is 9.90 Å². The number of aliphatic carboxylic acids is 1. The molecule has 0 saturated heterocycles. The van der Waals surface area contributed by atoms with Gasteiger partial charge in [-0.05, 0) is 30.4 Å². The summed E-state index contributed by atoms with van der Waals surface area (Å²) in [5.74, 6) is -0.276. The van der Waals surface area contributed by atoms with Crippen molar-refractivity contribution in [1.29, 1.82) is 0 Å². The van der Waals surface area contributed by atoms with Crippen LogP contribution in [-0.2, 0) is 17.6 Å². The topological polar surface area (TPSA) is 63.1 Å². The summed E-state index contributed by atoms with van der Waals surface area (Å²) in [6.07, 6.45) is 14.3. The van der Waals surface area contributed by atoms with E-state index in [1.807, 2.05) is 36.7 Å². The highest BCUT2D eigenvalue weighted by molar-refractivity contribution is 5.70. The minimum absolute atomic E-state index is 0.304. The second-order valence-corrected chi connectivity index (χ2v) is 7.66. The molecule has 0 radical (unpaired) electrons. The van der Waals surface area contributed by atoms with Crippen molar-refractivity contribution in [1.82, 2.24) is 9.97 Å². The lowest BCUT2D eigenvalue weighted by Gasteiger charge is -2.13. The van der Waals surface area contributed by atoms with Gasteiger partial charge in [0.2, 0.25) is 0 Å². The van der Waals surface area contributed by atoms with E-state index in [1.54, 1.807) is 0 Å². The van der Waals surface area contributed by atoms with Crippen molar-refractivity contribution in [3.63, 3.8) is 0 Å². The lowest BCUT2D eigenvalue weighted by atomic mass is 9.93. The molecule has 0 saturated carbocycles. The molecular weight excluding hydrogens is 348 g/mol. The largest absolute Gasteiger partial charge is 0.481 e. The predicted octanol–water partition coefficient (Wildman–Crippen LogP) is 6.09. The van der Waals surface area contributed by atoms with Gasteiger partial charge in [-0.25, -0.2) is 9.97 Å². The van der Waals surface area contributed by atoms with E-state index < -0.39 is 5.97 Å². The molecule has 0 spiro atoms. The van der Waals surface area contributed by atoms with Gasteiger partial charge in [-0.15, -0.1) is 0 Å². The Balaban J connectivity index is 1.88. The van der Waals surface area contributed by atoms with Crippen molar-refractivity contribution in [3.8, 4) is 11.4 Å². The van der Waals surface area contributed by atoms with Gasteiger partial charge in [-0.2, -0.15) is 0 Å². The molecule has 1 atom stereocenters. The second kappa shape index (κ2) is 12.3. The van der Waals surface area contributed by atoms with E-state index in [0.717, 1.165) is 48.8 Å². The minimum Gasteiger partial charge on any atom is -0.481 e. The highest BCUT2D eigenvalue weighted by Gasteiger charge is 2.17. The Morgan fingerprint density at radius 3 is 2.14 bits per heavy atom. The number of rotatable bonds is 13. The van der Waals surface area contributed by atoms with Crippen LogP contribution in [0.5, 0.6) is 0 Å². The van der Waals surface area contributed by atoms with Gasteiger partial charge in [0.1, 0.15) is 0 Å². The third-order valence-electron chi connectivity index (χ3n) is 5.19. The Bertz CT molecular complexity index is 696. The van der Waals surface area contributed by atoms with Crippen LogP contribution in [0.15, 0.2) is 36.7 Å². The molecule has 2 aromatic rings. The molecule has 0 amide bonds. The van der Waals surface area contributed by atoms with E-state index in [-0.39, 0.29) is 5.92 Å². The highest BCUT2D eigenvalue weighted by Crippen LogP contribution is 2.20. The summed E-state index contributed by atoms with van der Waals surface area (Å²) < 4.78 is 0. The van der Waals surface area contributed by atoms with E-state index in [0.29, 0.717) is 12.2 Å². The Kier molecular flexibility index (Phi) is 9.67. The Morgan fingerprint density at radius 2 is 1.54 bits per heavy atom. The molecule has 1 aromatic carbocycles. The normalized spacial score (nSPS) is 12.1. The number of hydrogen-bond donors (Lipinski definition) is 1. The highest BCUT2D eigenvalue weighted by atomic mass is 16.4. The Hall–Kier alpha value is -2.23.